The summed E-state index contributed by atoms with van der Waals surface area (Å²) in [6, 6.07) is 1.34. The van der Waals surface area contributed by atoms with Crippen molar-refractivity contribution in [1.82, 2.24) is 10.2 Å². The molecule has 0 aromatic heterocycles. The number of rotatable bonds is 8. The smallest absolute Gasteiger partial charge is 0.269 e. The molecule has 0 bridgehead atoms. The van der Waals surface area contributed by atoms with Crippen molar-refractivity contribution < 1.29 is 23.2 Å². The molecule has 1 unspecified atom stereocenters. The summed E-state index contributed by atoms with van der Waals surface area (Å²) in [7, 11) is 0. The van der Waals surface area contributed by atoms with Gasteiger partial charge in [0, 0.05) is 31.8 Å². The fourth-order valence-electron chi connectivity index (χ4n) is 4.53. The van der Waals surface area contributed by atoms with Crippen LogP contribution >= 0.6 is 0 Å². The number of oxime groups is 1. The molecule has 0 radical (unpaired) electrons. The maximum Gasteiger partial charge on any atom is 0.269 e. The van der Waals surface area contributed by atoms with Gasteiger partial charge < -0.3 is 10.2 Å². The van der Waals surface area contributed by atoms with E-state index in [9.17, 15) is 23.6 Å². The quantitative estimate of drug-likeness (QED) is 0.649. The van der Waals surface area contributed by atoms with E-state index in [4.69, 9.17) is 4.84 Å². The van der Waals surface area contributed by atoms with Gasteiger partial charge in [0.15, 0.2) is 11.4 Å². The van der Waals surface area contributed by atoms with E-state index in [2.05, 4.69) is 21.4 Å². The number of hydrogen-bond acceptors (Lipinski definition) is 6. The van der Waals surface area contributed by atoms with Gasteiger partial charge in [-0.1, -0.05) is 5.16 Å². The number of likely N-dealkylation sites (tertiary alicyclic amines) is 1. The van der Waals surface area contributed by atoms with Crippen molar-refractivity contribution in [2.24, 2.45) is 10.6 Å². The van der Waals surface area contributed by atoms with Crippen molar-refractivity contribution >= 4 is 17.4 Å². The third kappa shape index (κ3) is 4.80. The first-order chi connectivity index (χ1) is 14.1. The highest BCUT2D eigenvalue weighted by Crippen LogP contribution is 2.48. The number of piperidine rings is 1. The van der Waals surface area contributed by atoms with Crippen molar-refractivity contribution in [3.8, 4) is 6.07 Å². The Kier molecular flexibility index (Phi) is 5.33. The van der Waals surface area contributed by atoms with Crippen molar-refractivity contribution in [2.45, 2.75) is 88.3 Å². The second-order valence-electron chi connectivity index (χ2n) is 9.63. The minimum atomic E-state index is -3.12. The average molecular weight is 422 g/mol. The predicted molar refractivity (Wildman–Crippen MR) is 104 cm³/mol. The second-order valence-corrected chi connectivity index (χ2v) is 9.63. The first kappa shape index (κ1) is 21.2. The van der Waals surface area contributed by atoms with Crippen molar-refractivity contribution in [2.75, 3.05) is 13.1 Å². The Morgan fingerprint density at radius 2 is 2.13 bits per heavy atom. The first-order valence-electron chi connectivity index (χ1n) is 10.7. The van der Waals surface area contributed by atoms with E-state index in [0.29, 0.717) is 31.8 Å². The van der Waals surface area contributed by atoms with Gasteiger partial charge in [-0.3, -0.25) is 14.5 Å². The van der Waals surface area contributed by atoms with E-state index in [0.717, 1.165) is 26.3 Å². The topological polar surface area (TPSA) is 94.8 Å². The number of alkyl halides is 2. The summed E-state index contributed by atoms with van der Waals surface area (Å²) in [6.45, 7) is 2.44. The van der Waals surface area contributed by atoms with Crippen LogP contribution in [0.2, 0.25) is 0 Å². The van der Waals surface area contributed by atoms with Gasteiger partial charge in [-0.05, 0) is 52.0 Å². The molecule has 1 spiro atoms. The highest BCUT2D eigenvalue weighted by Gasteiger charge is 2.49. The molecule has 30 heavy (non-hydrogen) atoms. The number of Topliss-reactive ketones (excluding diaryl/α,β-unsaturated/α-hetero) is 1. The molecular weight excluding hydrogens is 394 g/mol. The molecule has 1 saturated heterocycles. The zero-order valence-electron chi connectivity index (χ0n) is 17.3. The number of halogens is 2. The van der Waals surface area contributed by atoms with Gasteiger partial charge in [-0.15, -0.1) is 0 Å². The van der Waals surface area contributed by atoms with Crippen LogP contribution in [0.4, 0.5) is 8.78 Å². The largest absolute Gasteiger partial charge is 0.387 e. The van der Waals surface area contributed by atoms with Crippen LogP contribution < -0.4 is 5.32 Å². The van der Waals surface area contributed by atoms with Crippen molar-refractivity contribution in [3.05, 3.63) is 0 Å². The van der Waals surface area contributed by atoms with Crippen LogP contribution in [0.1, 0.15) is 64.7 Å². The molecule has 4 rings (SSSR count). The average Bonchev–Trinajstić information content (AvgIpc) is 3.60. The summed E-state index contributed by atoms with van der Waals surface area (Å²) < 4.78 is 27.3. The zero-order chi connectivity index (χ0) is 21.6. The zero-order valence-corrected chi connectivity index (χ0v) is 17.3. The van der Waals surface area contributed by atoms with Crippen LogP contribution in [0, 0.1) is 16.7 Å². The lowest BCUT2D eigenvalue weighted by Crippen LogP contribution is -2.50. The molecule has 7 nitrogen and oxygen atoms in total. The lowest BCUT2D eigenvalue weighted by atomic mass is 9.87. The van der Waals surface area contributed by atoms with Gasteiger partial charge in [0.2, 0.25) is 5.92 Å². The number of hydrogen-bond donors (Lipinski definition) is 1. The minimum absolute atomic E-state index is 0.117. The van der Waals surface area contributed by atoms with Crippen LogP contribution in [0.25, 0.3) is 0 Å². The summed E-state index contributed by atoms with van der Waals surface area (Å²) in [5.41, 5.74) is -1.15. The molecule has 2 atom stereocenters. The molecule has 1 amide bonds. The lowest BCUT2D eigenvalue weighted by Gasteiger charge is -2.38. The van der Waals surface area contributed by atoms with Crippen LogP contribution in [-0.4, -0.2) is 59.0 Å². The van der Waals surface area contributed by atoms with Crippen molar-refractivity contribution in [3.63, 3.8) is 0 Å². The lowest BCUT2D eigenvalue weighted by molar-refractivity contribution is -0.128. The number of nitrogens with zero attached hydrogens (tertiary/aromatic N) is 3. The number of ketones is 1. The van der Waals surface area contributed by atoms with Crippen LogP contribution in [0.5, 0.6) is 0 Å². The predicted octanol–water partition coefficient (Wildman–Crippen LogP) is 2.55. The Hall–Kier alpha value is -2.08. The van der Waals surface area contributed by atoms with Gasteiger partial charge in [0.1, 0.15) is 5.71 Å². The number of carbonyl (C=O) groups is 2. The Morgan fingerprint density at radius 3 is 2.73 bits per heavy atom. The summed E-state index contributed by atoms with van der Waals surface area (Å²) in [6.07, 6.45) is 4.68. The number of amides is 1. The van der Waals surface area contributed by atoms with E-state index >= 15 is 0 Å². The summed E-state index contributed by atoms with van der Waals surface area (Å²) >= 11 is 0. The molecule has 2 saturated carbocycles. The van der Waals surface area contributed by atoms with E-state index in [-0.39, 0.29) is 12.1 Å². The molecule has 3 fully saturated rings. The van der Waals surface area contributed by atoms with Crippen LogP contribution in [0.3, 0.4) is 0 Å². The van der Waals surface area contributed by atoms with Gasteiger partial charge >= 0.3 is 0 Å². The van der Waals surface area contributed by atoms with Crippen molar-refractivity contribution in [1.29, 1.82) is 5.26 Å². The Morgan fingerprint density at radius 1 is 1.40 bits per heavy atom. The Labute approximate surface area is 174 Å². The fraction of sp³-hybridized carbons (Fsp3) is 0.810. The highest BCUT2D eigenvalue weighted by molar-refractivity contribution is 6.39. The highest BCUT2D eigenvalue weighted by atomic mass is 19.3. The molecule has 1 N–H and O–H groups in total. The molecule has 2 aliphatic heterocycles. The summed E-state index contributed by atoms with van der Waals surface area (Å²) in [5.74, 6) is -4.30. The molecule has 0 aromatic carbocycles. The van der Waals surface area contributed by atoms with Gasteiger partial charge in [-0.25, -0.2) is 8.78 Å². The fourth-order valence-corrected chi connectivity index (χ4v) is 4.53. The minimum Gasteiger partial charge on any atom is -0.387 e. The maximum absolute atomic E-state index is 13.7. The number of nitriles is 1. The molecule has 9 heteroatoms. The first-order valence-corrected chi connectivity index (χ1v) is 10.7. The monoisotopic (exact) mass is 422 g/mol. The third-order valence-electron chi connectivity index (χ3n) is 6.59. The third-order valence-corrected chi connectivity index (χ3v) is 6.59. The molecule has 0 aromatic rings. The number of nitrogens with one attached hydrogen (secondary N) is 1. The van der Waals surface area contributed by atoms with Crippen LogP contribution in [0.15, 0.2) is 5.16 Å². The summed E-state index contributed by atoms with van der Waals surface area (Å²) in [5, 5.41) is 15.6. The molecule has 2 heterocycles. The summed E-state index contributed by atoms with van der Waals surface area (Å²) in [4.78, 5) is 33.4. The molecule has 2 aliphatic carbocycles. The molecule has 164 valence electrons. The second kappa shape index (κ2) is 7.56. The van der Waals surface area contributed by atoms with E-state index < -0.39 is 41.1 Å². The SMILES string of the molecule is CC(F)(F)C[C@H](NC(=O)C1=NOC2(CCCN(C3CC3)C2)C1)C(=O)CC1(C#N)CC1. The number of carbonyl (C=O) groups excluding carboxylic acids is 2. The molecule has 4 aliphatic rings. The maximum atomic E-state index is 13.7. The van der Waals surface area contributed by atoms with Crippen LogP contribution in [-0.2, 0) is 14.4 Å². The molecular formula is C21H28F2N4O3. The van der Waals surface area contributed by atoms with Gasteiger partial charge in [0.25, 0.3) is 5.91 Å². The van der Waals surface area contributed by atoms with E-state index in [1.54, 1.807) is 0 Å². The normalized spacial score (nSPS) is 28.9. The van der Waals surface area contributed by atoms with Gasteiger partial charge in [-0.2, -0.15) is 5.26 Å². The Balaban J connectivity index is 1.38. The van der Waals surface area contributed by atoms with E-state index in [1.807, 2.05) is 0 Å². The Bertz CT molecular complexity index is 795. The standard InChI is InChI=1S/C21H28F2N4O3/c1-19(22,23)9-15(17(28)11-20(12-24)6-7-20)25-18(29)16-10-21(30-26-16)5-2-8-27(13-21)14-3-4-14/h14-15H,2-11,13H2,1H3,(H,25,29)/t15-,21?/m0/s1. The van der Waals surface area contributed by atoms with E-state index in [1.165, 1.54) is 12.8 Å². The van der Waals surface area contributed by atoms with Gasteiger partial charge in [0.05, 0.1) is 17.5 Å².